The molecule has 3 nitrogen and oxygen atoms in total. The fraction of sp³-hybridized carbons (Fsp3) is 0.421. The number of piperazine rings is 1. The fourth-order valence-corrected chi connectivity index (χ4v) is 3.24. The minimum Gasteiger partial charge on any atom is -0.336 e. The number of nitrogens with zero attached hydrogens (tertiary/aromatic N) is 1. The normalized spacial score (nSPS) is 17.8. The highest BCUT2D eigenvalue weighted by Gasteiger charge is 2.24. The maximum Gasteiger partial charge on any atom is 0.254 e. The van der Waals surface area contributed by atoms with E-state index >= 15 is 0 Å². The Kier molecular flexibility index (Phi) is 6.43. The van der Waals surface area contributed by atoms with E-state index in [2.05, 4.69) is 24.4 Å². The van der Waals surface area contributed by atoms with Gasteiger partial charge in [-0.15, -0.1) is 12.4 Å². The van der Waals surface area contributed by atoms with Crippen LogP contribution < -0.4 is 5.32 Å². The Morgan fingerprint density at radius 3 is 2.83 bits per heavy atom. The van der Waals surface area contributed by atoms with Crippen molar-refractivity contribution in [2.75, 3.05) is 19.6 Å². The van der Waals surface area contributed by atoms with Gasteiger partial charge in [0.15, 0.2) is 0 Å². The van der Waals surface area contributed by atoms with Crippen LogP contribution in [0.2, 0.25) is 0 Å². The van der Waals surface area contributed by atoms with Crippen LogP contribution in [0.15, 0.2) is 42.5 Å². The minimum atomic E-state index is 0. The quantitative estimate of drug-likeness (QED) is 0.922. The van der Waals surface area contributed by atoms with Crippen molar-refractivity contribution in [1.82, 2.24) is 10.2 Å². The smallest absolute Gasteiger partial charge is 0.254 e. The molecule has 124 valence electrons. The van der Waals surface area contributed by atoms with E-state index in [9.17, 15) is 4.79 Å². The van der Waals surface area contributed by atoms with Crippen LogP contribution in [0.5, 0.6) is 0 Å². The number of rotatable bonds is 4. The van der Waals surface area contributed by atoms with Crippen LogP contribution in [0.4, 0.5) is 0 Å². The first-order valence-corrected chi connectivity index (χ1v) is 8.30. The van der Waals surface area contributed by atoms with Crippen LogP contribution in [0, 0.1) is 0 Å². The molecule has 3 rings (SSSR count). The summed E-state index contributed by atoms with van der Waals surface area (Å²) in [5.41, 5.74) is 0.828. The predicted octanol–water partition coefficient (Wildman–Crippen LogP) is 3.87. The van der Waals surface area contributed by atoms with Crippen molar-refractivity contribution < 1.29 is 4.79 Å². The average Bonchev–Trinajstić information content (AvgIpc) is 2.59. The summed E-state index contributed by atoms with van der Waals surface area (Å²) in [5, 5.41) is 5.72. The lowest BCUT2D eigenvalue weighted by molar-refractivity contribution is 0.0701. The van der Waals surface area contributed by atoms with E-state index in [0.717, 1.165) is 42.4 Å². The lowest BCUT2D eigenvalue weighted by Gasteiger charge is -2.34. The maximum atomic E-state index is 12.9. The van der Waals surface area contributed by atoms with Gasteiger partial charge >= 0.3 is 0 Å². The monoisotopic (exact) mass is 332 g/mol. The summed E-state index contributed by atoms with van der Waals surface area (Å²) in [6.07, 6.45) is 3.57. The molecule has 0 spiro atoms. The van der Waals surface area contributed by atoms with Crippen molar-refractivity contribution in [2.45, 2.75) is 32.2 Å². The zero-order chi connectivity index (χ0) is 15.4. The summed E-state index contributed by atoms with van der Waals surface area (Å²) in [4.78, 5) is 14.9. The third-order valence-electron chi connectivity index (χ3n) is 4.47. The zero-order valence-electron chi connectivity index (χ0n) is 13.6. The van der Waals surface area contributed by atoms with Crippen LogP contribution in [0.3, 0.4) is 0 Å². The first-order chi connectivity index (χ1) is 10.8. The molecule has 2 aromatic rings. The van der Waals surface area contributed by atoms with E-state index in [1.165, 1.54) is 12.8 Å². The number of benzene rings is 2. The van der Waals surface area contributed by atoms with E-state index in [1.54, 1.807) is 0 Å². The summed E-state index contributed by atoms with van der Waals surface area (Å²) in [5.74, 6) is 0.166. The Labute approximate surface area is 144 Å². The molecule has 1 saturated heterocycles. The third-order valence-corrected chi connectivity index (χ3v) is 4.47. The van der Waals surface area contributed by atoms with Crippen molar-refractivity contribution in [3.05, 3.63) is 48.0 Å². The molecule has 0 unspecified atom stereocenters. The molecular formula is C19H25ClN2O. The van der Waals surface area contributed by atoms with Crippen molar-refractivity contribution in [2.24, 2.45) is 0 Å². The maximum absolute atomic E-state index is 12.9. The number of amides is 1. The lowest BCUT2D eigenvalue weighted by Crippen LogP contribution is -2.52. The van der Waals surface area contributed by atoms with Gasteiger partial charge in [0.25, 0.3) is 5.91 Å². The molecule has 1 aliphatic heterocycles. The van der Waals surface area contributed by atoms with Crippen molar-refractivity contribution in [3.63, 3.8) is 0 Å². The molecule has 0 bridgehead atoms. The van der Waals surface area contributed by atoms with Crippen LogP contribution >= 0.6 is 12.4 Å². The van der Waals surface area contributed by atoms with Crippen LogP contribution in [0.1, 0.15) is 36.5 Å². The van der Waals surface area contributed by atoms with Gasteiger partial charge in [-0.3, -0.25) is 4.79 Å². The van der Waals surface area contributed by atoms with Crippen LogP contribution in [-0.2, 0) is 0 Å². The highest BCUT2D eigenvalue weighted by Crippen LogP contribution is 2.21. The van der Waals surface area contributed by atoms with E-state index in [-0.39, 0.29) is 18.3 Å². The molecule has 1 fully saturated rings. The van der Waals surface area contributed by atoms with Gasteiger partial charge in [0.1, 0.15) is 0 Å². The summed E-state index contributed by atoms with van der Waals surface area (Å²) in [6.45, 7) is 4.72. The number of halogens is 1. The number of carbonyl (C=O) groups is 1. The highest BCUT2D eigenvalue weighted by atomic mass is 35.5. The minimum absolute atomic E-state index is 0. The summed E-state index contributed by atoms with van der Waals surface area (Å²) >= 11 is 0. The second-order valence-corrected chi connectivity index (χ2v) is 6.07. The Balaban J connectivity index is 0.00000192. The van der Waals surface area contributed by atoms with E-state index < -0.39 is 0 Å². The number of nitrogens with one attached hydrogen (secondary N) is 1. The molecule has 1 aliphatic rings. The molecule has 1 N–H and O–H groups in total. The summed E-state index contributed by atoms with van der Waals surface area (Å²) in [7, 11) is 0. The van der Waals surface area contributed by atoms with Gasteiger partial charge in [-0.25, -0.2) is 0 Å². The first kappa shape index (κ1) is 17.8. The lowest BCUT2D eigenvalue weighted by atomic mass is 10.0. The van der Waals surface area contributed by atoms with Crippen molar-refractivity contribution in [3.8, 4) is 0 Å². The second kappa shape index (κ2) is 8.32. The number of carbonyl (C=O) groups excluding carboxylic acids is 1. The Morgan fingerprint density at radius 1 is 1.22 bits per heavy atom. The Bertz CT molecular complexity index is 653. The summed E-state index contributed by atoms with van der Waals surface area (Å²) < 4.78 is 0. The Morgan fingerprint density at radius 2 is 2.00 bits per heavy atom. The Hall–Kier alpha value is -1.58. The molecule has 1 heterocycles. The molecule has 23 heavy (non-hydrogen) atoms. The SMILES string of the molecule is CCCC[C@H]1CN(C(=O)c2cccc3ccccc23)CCN1.Cl. The van der Waals surface area contributed by atoms with Crippen LogP contribution in [-0.4, -0.2) is 36.5 Å². The fourth-order valence-electron chi connectivity index (χ4n) is 3.24. The zero-order valence-corrected chi connectivity index (χ0v) is 14.4. The molecule has 0 aliphatic carbocycles. The predicted molar refractivity (Wildman–Crippen MR) is 98.4 cm³/mol. The van der Waals surface area contributed by atoms with Gasteiger partial charge in [0, 0.05) is 31.2 Å². The molecular weight excluding hydrogens is 308 g/mol. The largest absolute Gasteiger partial charge is 0.336 e. The molecule has 1 atom stereocenters. The van der Waals surface area contributed by atoms with Crippen LogP contribution in [0.25, 0.3) is 10.8 Å². The highest BCUT2D eigenvalue weighted by molar-refractivity contribution is 6.07. The number of hydrogen-bond acceptors (Lipinski definition) is 2. The molecule has 0 aromatic heterocycles. The van der Waals surface area contributed by atoms with Crippen molar-refractivity contribution >= 4 is 29.1 Å². The van der Waals surface area contributed by atoms with E-state index in [4.69, 9.17) is 0 Å². The molecule has 4 heteroatoms. The standard InChI is InChI=1S/C19H24N2O.ClH/c1-2-3-9-16-14-21(13-12-20-16)19(22)18-11-6-8-15-7-4-5-10-17(15)18;/h4-8,10-11,16,20H,2-3,9,12-14H2,1H3;1H/t16-;/m0./s1. The molecule has 0 radical (unpaired) electrons. The summed E-state index contributed by atoms with van der Waals surface area (Å²) in [6, 6.07) is 14.6. The number of fused-ring (bicyclic) bond motifs is 1. The van der Waals surface area contributed by atoms with E-state index in [0.29, 0.717) is 6.04 Å². The van der Waals surface area contributed by atoms with Gasteiger partial charge in [-0.05, 0) is 23.3 Å². The topological polar surface area (TPSA) is 32.3 Å². The molecule has 2 aromatic carbocycles. The number of unbranched alkanes of at least 4 members (excludes halogenated alkanes) is 1. The molecule has 0 saturated carbocycles. The number of hydrogen-bond donors (Lipinski definition) is 1. The van der Waals surface area contributed by atoms with Gasteiger partial charge in [0.05, 0.1) is 0 Å². The van der Waals surface area contributed by atoms with Gasteiger partial charge in [-0.2, -0.15) is 0 Å². The molecule has 1 amide bonds. The van der Waals surface area contributed by atoms with Gasteiger partial charge in [-0.1, -0.05) is 56.2 Å². The third kappa shape index (κ3) is 4.04. The van der Waals surface area contributed by atoms with Gasteiger partial charge in [0.2, 0.25) is 0 Å². The second-order valence-electron chi connectivity index (χ2n) is 6.07. The van der Waals surface area contributed by atoms with Gasteiger partial charge < -0.3 is 10.2 Å². The van der Waals surface area contributed by atoms with Crippen molar-refractivity contribution in [1.29, 1.82) is 0 Å². The first-order valence-electron chi connectivity index (χ1n) is 8.30. The average molecular weight is 333 g/mol. The van der Waals surface area contributed by atoms with E-state index in [1.807, 2.05) is 35.2 Å².